The summed E-state index contributed by atoms with van der Waals surface area (Å²) < 4.78 is 0. The molecule has 20 heavy (non-hydrogen) atoms. The summed E-state index contributed by atoms with van der Waals surface area (Å²) in [6, 6.07) is 8.66. The fourth-order valence-electron chi connectivity index (χ4n) is 2.68. The third-order valence-electron chi connectivity index (χ3n) is 3.73. The van der Waals surface area contributed by atoms with Gasteiger partial charge in [0, 0.05) is 19.2 Å². The van der Waals surface area contributed by atoms with Crippen molar-refractivity contribution in [3.8, 4) is 0 Å². The summed E-state index contributed by atoms with van der Waals surface area (Å²) in [5, 5.41) is 2.97. The number of hydrogen-bond donors (Lipinski definition) is 1. The Bertz CT molecular complexity index is 455. The van der Waals surface area contributed by atoms with E-state index in [4.69, 9.17) is 0 Å². The van der Waals surface area contributed by atoms with Crippen LogP contribution >= 0.6 is 0 Å². The van der Waals surface area contributed by atoms with E-state index in [-0.39, 0.29) is 5.91 Å². The second-order valence-electron chi connectivity index (χ2n) is 5.79. The number of amides is 1. The summed E-state index contributed by atoms with van der Waals surface area (Å²) in [6.07, 6.45) is 6.89. The number of carbonyl (C=O) groups excluding carboxylic acids is 1. The Morgan fingerprint density at radius 3 is 2.55 bits per heavy atom. The summed E-state index contributed by atoms with van der Waals surface area (Å²) >= 11 is 0. The van der Waals surface area contributed by atoms with E-state index >= 15 is 0 Å². The van der Waals surface area contributed by atoms with Crippen LogP contribution in [0.4, 0.5) is 0 Å². The largest absolute Gasteiger partial charge is 0.353 e. The van der Waals surface area contributed by atoms with E-state index in [1.165, 1.54) is 11.1 Å². The van der Waals surface area contributed by atoms with Crippen LogP contribution in [0.3, 0.4) is 0 Å². The molecule has 0 heterocycles. The average Bonchev–Trinajstić information content (AvgIpc) is 2.80. The second-order valence-corrected chi connectivity index (χ2v) is 5.79. The van der Waals surface area contributed by atoms with Gasteiger partial charge in [-0.3, -0.25) is 4.79 Å². The maximum Gasteiger partial charge on any atom is 0.243 e. The molecule has 2 rings (SSSR count). The number of benzene rings is 1. The molecule has 0 saturated heterocycles. The molecule has 0 unspecified atom stereocenters. The van der Waals surface area contributed by atoms with Gasteiger partial charge in [0.1, 0.15) is 0 Å². The van der Waals surface area contributed by atoms with Gasteiger partial charge in [-0.1, -0.05) is 30.3 Å². The van der Waals surface area contributed by atoms with Crippen molar-refractivity contribution in [2.24, 2.45) is 5.92 Å². The van der Waals surface area contributed by atoms with Gasteiger partial charge in [-0.25, -0.2) is 0 Å². The minimum absolute atomic E-state index is 0.0161. The van der Waals surface area contributed by atoms with E-state index in [0.29, 0.717) is 5.92 Å². The van der Waals surface area contributed by atoms with Crippen molar-refractivity contribution in [1.82, 2.24) is 10.2 Å². The van der Waals surface area contributed by atoms with Crippen LogP contribution in [0, 0.1) is 5.92 Å². The fraction of sp³-hybridized carbons (Fsp3) is 0.471. The highest BCUT2D eigenvalue weighted by atomic mass is 16.1. The normalized spacial score (nSPS) is 14.9. The number of fused-ring (bicyclic) bond motifs is 1. The molecule has 1 amide bonds. The van der Waals surface area contributed by atoms with Gasteiger partial charge in [0.25, 0.3) is 0 Å². The molecule has 0 atom stereocenters. The fourth-order valence-corrected chi connectivity index (χ4v) is 2.68. The Morgan fingerprint density at radius 2 is 1.95 bits per heavy atom. The number of rotatable bonds is 6. The van der Waals surface area contributed by atoms with Crippen molar-refractivity contribution in [1.29, 1.82) is 0 Å². The van der Waals surface area contributed by atoms with Gasteiger partial charge in [-0.2, -0.15) is 0 Å². The van der Waals surface area contributed by atoms with Crippen molar-refractivity contribution in [2.45, 2.75) is 19.3 Å². The maximum atomic E-state index is 11.6. The van der Waals surface area contributed by atoms with Gasteiger partial charge in [0.05, 0.1) is 0 Å². The number of nitrogens with zero attached hydrogens (tertiary/aromatic N) is 1. The van der Waals surface area contributed by atoms with E-state index in [0.717, 1.165) is 32.4 Å². The monoisotopic (exact) mass is 272 g/mol. The average molecular weight is 272 g/mol. The lowest BCUT2D eigenvalue weighted by Gasteiger charge is -2.09. The molecule has 0 radical (unpaired) electrons. The third-order valence-corrected chi connectivity index (χ3v) is 3.73. The van der Waals surface area contributed by atoms with Crippen molar-refractivity contribution in [3.63, 3.8) is 0 Å². The minimum Gasteiger partial charge on any atom is -0.353 e. The van der Waals surface area contributed by atoms with Crippen LogP contribution in [0.1, 0.15) is 17.5 Å². The van der Waals surface area contributed by atoms with E-state index in [9.17, 15) is 4.79 Å². The highest BCUT2D eigenvalue weighted by molar-refractivity contribution is 5.87. The van der Waals surface area contributed by atoms with E-state index in [2.05, 4.69) is 29.6 Å². The molecule has 0 spiro atoms. The zero-order valence-electron chi connectivity index (χ0n) is 12.4. The molecule has 1 aromatic carbocycles. The summed E-state index contributed by atoms with van der Waals surface area (Å²) in [5.74, 6) is 0.695. The molecule has 1 aliphatic rings. The van der Waals surface area contributed by atoms with Gasteiger partial charge in [0.2, 0.25) is 5.91 Å². The Balaban J connectivity index is 1.65. The number of carbonyl (C=O) groups is 1. The van der Waals surface area contributed by atoms with E-state index in [1.807, 2.05) is 25.1 Å². The maximum absolute atomic E-state index is 11.6. The van der Waals surface area contributed by atoms with E-state index in [1.54, 1.807) is 6.08 Å². The predicted molar refractivity (Wildman–Crippen MR) is 82.7 cm³/mol. The molecule has 0 saturated carbocycles. The summed E-state index contributed by atoms with van der Waals surface area (Å²) in [7, 11) is 3.97. The first-order valence-electron chi connectivity index (χ1n) is 7.31. The Hall–Kier alpha value is -1.61. The minimum atomic E-state index is 0.0161. The molecular formula is C17H24N2O. The first-order valence-corrected chi connectivity index (χ1v) is 7.31. The highest BCUT2D eigenvalue weighted by Crippen LogP contribution is 2.28. The molecule has 0 fully saturated rings. The quantitative estimate of drug-likeness (QED) is 0.804. The lowest BCUT2D eigenvalue weighted by molar-refractivity contribution is -0.116. The Morgan fingerprint density at radius 1 is 1.30 bits per heavy atom. The van der Waals surface area contributed by atoms with E-state index < -0.39 is 0 Å². The summed E-state index contributed by atoms with van der Waals surface area (Å²) in [6.45, 7) is 1.56. The lowest BCUT2D eigenvalue weighted by atomic mass is 10.0. The Labute approximate surface area is 121 Å². The van der Waals surface area contributed by atoms with Gasteiger partial charge in [-0.05, 0) is 50.4 Å². The van der Waals surface area contributed by atoms with Crippen LogP contribution in [0.25, 0.3) is 0 Å². The van der Waals surface area contributed by atoms with Crippen LogP contribution in [-0.2, 0) is 17.6 Å². The van der Waals surface area contributed by atoms with Crippen LogP contribution < -0.4 is 5.32 Å². The molecule has 108 valence electrons. The predicted octanol–water partition coefficient (Wildman–Crippen LogP) is 2.03. The van der Waals surface area contributed by atoms with Crippen molar-refractivity contribution in [3.05, 3.63) is 47.5 Å². The molecule has 0 aliphatic heterocycles. The molecule has 0 bridgehead atoms. The van der Waals surface area contributed by atoms with Gasteiger partial charge >= 0.3 is 0 Å². The number of nitrogens with one attached hydrogen (secondary N) is 1. The molecular weight excluding hydrogens is 248 g/mol. The summed E-state index contributed by atoms with van der Waals surface area (Å²) in [4.78, 5) is 13.6. The first kappa shape index (κ1) is 14.8. The van der Waals surface area contributed by atoms with Crippen LogP contribution in [0.15, 0.2) is 36.4 Å². The first-order chi connectivity index (χ1) is 9.65. The zero-order valence-corrected chi connectivity index (χ0v) is 12.4. The van der Waals surface area contributed by atoms with Crippen molar-refractivity contribution in [2.75, 3.05) is 27.2 Å². The molecule has 0 aromatic heterocycles. The lowest BCUT2D eigenvalue weighted by Crippen LogP contribution is -2.24. The number of likely N-dealkylation sites (N-methyl/N-ethyl adjacent to an activating group) is 1. The third kappa shape index (κ3) is 4.49. The SMILES string of the molecule is CN(C)C/C=C/C(=O)NCCC1Cc2ccccc2C1. The van der Waals surface area contributed by atoms with Gasteiger partial charge in [-0.15, -0.1) is 0 Å². The highest BCUT2D eigenvalue weighted by Gasteiger charge is 2.20. The van der Waals surface area contributed by atoms with Crippen molar-refractivity contribution < 1.29 is 4.79 Å². The molecule has 1 N–H and O–H groups in total. The topological polar surface area (TPSA) is 32.3 Å². The smallest absolute Gasteiger partial charge is 0.243 e. The van der Waals surface area contributed by atoms with Gasteiger partial charge in [0.15, 0.2) is 0 Å². The molecule has 3 nitrogen and oxygen atoms in total. The van der Waals surface area contributed by atoms with Gasteiger partial charge < -0.3 is 10.2 Å². The standard InChI is InChI=1S/C17H24N2O/c1-19(2)11-5-8-17(20)18-10-9-14-12-15-6-3-4-7-16(15)13-14/h3-8,14H,9-13H2,1-2H3,(H,18,20)/b8-5+. The molecule has 1 aliphatic carbocycles. The summed E-state index contributed by atoms with van der Waals surface area (Å²) in [5.41, 5.74) is 2.96. The molecule has 3 heteroatoms. The zero-order chi connectivity index (χ0) is 14.4. The van der Waals surface area contributed by atoms with Crippen molar-refractivity contribution >= 4 is 5.91 Å². The second kappa shape index (κ2) is 7.25. The molecule has 1 aromatic rings. The van der Waals surface area contributed by atoms with Crippen LogP contribution in [0.5, 0.6) is 0 Å². The van der Waals surface area contributed by atoms with Crippen LogP contribution in [-0.4, -0.2) is 38.0 Å². The van der Waals surface area contributed by atoms with Crippen LogP contribution in [0.2, 0.25) is 0 Å². The number of hydrogen-bond acceptors (Lipinski definition) is 2. The Kier molecular flexibility index (Phi) is 5.36.